The standard InChI is InChI=1S/C17H26N2O2/c1-5-15-6-8-16(9-7-15)19(14(4)20)11-10-17(21)18-12-13(2)3/h6-9,13H,5,10-12H2,1-4H3,(H,18,21). The Kier molecular flexibility index (Phi) is 6.92. The van der Waals surface area contributed by atoms with Crippen LogP contribution in [-0.4, -0.2) is 24.9 Å². The molecule has 0 unspecified atom stereocenters. The van der Waals surface area contributed by atoms with Gasteiger partial charge in [0.2, 0.25) is 11.8 Å². The molecule has 1 aromatic rings. The summed E-state index contributed by atoms with van der Waals surface area (Å²) in [4.78, 5) is 25.2. The van der Waals surface area contributed by atoms with Crippen LogP contribution in [0.3, 0.4) is 0 Å². The van der Waals surface area contributed by atoms with Gasteiger partial charge >= 0.3 is 0 Å². The van der Waals surface area contributed by atoms with Gasteiger partial charge in [0.15, 0.2) is 0 Å². The fraction of sp³-hybridized carbons (Fsp3) is 0.529. The van der Waals surface area contributed by atoms with Crippen molar-refractivity contribution in [3.63, 3.8) is 0 Å². The molecule has 0 aromatic heterocycles. The Balaban J connectivity index is 2.61. The average Bonchev–Trinajstić information content (AvgIpc) is 2.45. The summed E-state index contributed by atoms with van der Waals surface area (Å²) in [5, 5.41) is 2.87. The van der Waals surface area contributed by atoms with Crippen molar-refractivity contribution in [3.8, 4) is 0 Å². The Hall–Kier alpha value is -1.84. The first-order chi connectivity index (χ1) is 9.93. The van der Waals surface area contributed by atoms with Gasteiger partial charge in [-0.2, -0.15) is 0 Å². The highest BCUT2D eigenvalue weighted by molar-refractivity contribution is 5.92. The molecule has 116 valence electrons. The molecule has 0 aliphatic rings. The number of carbonyl (C=O) groups excluding carboxylic acids is 2. The molecule has 0 saturated heterocycles. The van der Waals surface area contributed by atoms with Crippen LogP contribution in [0.4, 0.5) is 5.69 Å². The number of anilines is 1. The number of rotatable bonds is 7. The minimum Gasteiger partial charge on any atom is -0.356 e. The van der Waals surface area contributed by atoms with Crippen LogP contribution in [-0.2, 0) is 16.0 Å². The number of benzene rings is 1. The molecule has 1 rings (SSSR count). The number of aryl methyl sites for hydroxylation is 1. The molecule has 2 amide bonds. The molecule has 0 radical (unpaired) electrons. The van der Waals surface area contributed by atoms with Gasteiger partial charge in [0, 0.05) is 32.1 Å². The first-order valence-corrected chi connectivity index (χ1v) is 7.57. The second-order valence-corrected chi connectivity index (χ2v) is 5.64. The lowest BCUT2D eigenvalue weighted by molar-refractivity contribution is -0.121. The maximum absolute atomic E-state index is 11.8. The van der Waals surface area contributed by atoms with Crippen molar-refractivity contribution >= 4 is 17.5 Å². The molecule has 1 aromatic carbocycles. The maximum Gasteiger partial charge on any atom is 0.223 e. The zero-order valence-corrected chi connectivity index (χ0v) is 13.5. The Bertz CT molecular complexity index is 466. The van der Waals surface area contributed by atoms with E-state index >= 15 is 0 Å². The van der Waals surface area contributed by atoms with Crippen molar-refractivity contribution in [2.45, 2.75) is 40.5 Å². The van der Waals surface area contributed by atoms with Crippen molar-refractivity contribution in [2.24, 2.45) is 5.92 Å². The highest BCUT2D eigenvalue weighted by Gasteiger charge is 2.13. The minimum atomic E-state index is -0.0455. The number of hydrogen-bond donors (Lipinski definition) is 1. The molecule has 0 aliphatic heterocycles. The molecule has 0 spiro atoms. The highest BCUT2D eigenvalue weighted by Crippen LogP contribution is 2.16. The third-order valence-corrected chi connectivity index (χ3v) is 3.31. The van der Waals surface area contributed by atoms with Gasteiger partial charge in [-0.25, -0.2) is 0 Å². The SMILES string of the molecule is CCc1ccc(N(CCC(=O)NCC(C)C)C(C)=O)cc1. The number of carbonyl (C=O) groups is 2. The lowest BCUT2D eigenvalue weighted by Crippen LogP contribution is -2.34. The van der Waals surface area contributed by atoms with Crippen LogP contribution in [0.1, 0.15) is 39.7 Å². The number of amides is 2. The Morgan fingerprint density at radius 2 is 1.81 bits per heavy atom. The first kappa shape index (κ1) is 17.2. The summed E-state index contributed by atoms with van der Waals surface area (Å²) in [6.45, 7) is 8.81. The van der Waals surface area contributed by atoms with Gasteiger partial charge in [0.1, 0.15) is 0 Å². The van der Waals surface area contributed by atoms with E-state index in [1.807, 2.05) is 24.3 Å². The second-order valence-electron chi connectivity index (χ2n) is 5.64. The smallest absolute Gasteiger partial charge is 0.223 e. The van der Waals surface area contributed by atoms with E-state index in [1.54, 1.807) is 4.90 Å². The highest BCUT2D eigenvalue weighted by atomic mass is 16.2. The summed E-state index contributed by atoms with van der Waals surface area (Å²) in [6.07, 6.45) is 1.29. The van der Waals surface area contributed by atoms with Crippen LogP contribution in [0.15, 0.2) is 24.3 Å². The van der Waals surface area contributed by atoms with Crippen LogP contribution in [0.25, 0.3) is 0 Å². The Labute approximate surface area is 127 Å². The summed E-state index contributed by atoms with van der Waals surface area (Å²) in [5.74, 6) is 0.371. The Morgan fingerprint density at radius 1 is 1.19 bits per heavy atom. The molecular weight excluding hydrogens is 264 g/mol. The Morgan fingerprint density at radius 3 is 2.29 bits per heavy atom. The van der Waals surface area contributed by atoms with Crippen LogP contribution in [0.2, 0.25) is 0 Å². The van der Waals surface area contributed by atoms with Crippen LogP contribution in [0.5, 0.6) is 0 Å². The van der Waals surface area contributed by atoms with Gasteiger partial charge in [-0.15, -0.1) is 0 Å². The van der Waals surface area contributed by atoms with Crippen molar-refractivity contribution < 1.29 is 9.59 Å². The summed E-state index contributed by atoms with van der Waals surface area (Å²) in [6, 6.07) is 7.91. The summed E-state index contributed by atoms with van der Waals surface area (Å²) in [7, 11) is 0. The van der Waals surface area contributed by atoms with Gasteiger partial charge in [0.05, 0.1) is 0 Å². The van der Waals surface area contributed by atoms with Gasteiger partial charge < -0.3 is 10.2 Å². The zero-order valence-electron chi connectivity index (χ0n) is 13.5. The molecule has 0 heterocycles. The van der Waals surface area contributed by atoms with Gasteiger partial charge in [-0.05, 0) is 30.0 Å². The number of nitrogens with one attached hydrogen (secondary N) is 1. The molecule has 0 aliphatic carbocycles. The monoisotopic (exact) mass is 290 g/mol. The largest absolute Gasteiger partial charge is 0.356 e. The number of hydrogen-bond acceptors (Lipinski definition) is 2. The van der Waals surface area contributed by atoms with E-state index in [-0.39, 0.29) is 11.8 Å². The van der Waals surface area contributed by atoms with E-state index in [1.165, 1.54) is 12.5 Å². The third kappa shape index (κ3) is 5.98. The van der Waals surface area contributed by atoms with E-state index in [0.29, 0.717) is 25.4 Å². The van der Waals surface area contributed by atoms with Crippen molar-refractivity contribution in [3.05, 3.63) is 29.8 Å². The first-order valence-electron chi connectivity index (χ1n) is 7.57. The molecule has 0 fully saturated rings. The fourth-order valence-corrected chi connectivity index (χ4v) is 2.00. The molecule has 4 heteroatoms. The summed E-state index contributed by atoms with van der Waals surface area (Å²) >= 11 is 0. The molecule has 0 bridgehead atoms. The van der Waals surface area contributed by atoms with Crippen molar-refractivity contribution in [1.29, 1.82) is 0 Å². The number of nitrogens with zero attached hydrogens (tertiary/aromatic N) is 1. The van der Waals surface area contributed by atoms with Crippen LogP contribution in [0, 0.1) is 5.92 Å². The van der Waals surface area contributed by atoms with Gasteiger partial charge in [0.25, 0.3) is 0 Å². The van der Waals surface area contributed by atoms with Crippen molar-refractivity contribution in [2.75, 3.05) is 18.0 Å². The van der Waals surface area contributed by atoms with E-state index in [2.05, 4.69) is 26.1 Å². The molecular formula is C17H26N2O2. The molecule has 1 N–H and O–H groups in total. The lowest BCUT2D eigenvalue weighted by Gasteiger charge is -2.21. The molecule has 21 heavy (non-hydrogen) atoms. The molecule has 0 saturated carbocycles. The predicted molar refractivity (Wildman–Crippen MR) is 86.3 cm³/mol. The second kappa shape index (κ2) is 8.45. The third-order valence-electron chi connectivity index (χ3n) is 3.31. The van der Waals surface area contributed by atoms with E-state index in [0.717, 1.165) is 12.1 Å². The normalized spacial score (nSPS) is 10.5. The van der Waals surface area contributed by atoms with E-state index in [9.17, 15) is 9.59 Å². The molecule has 0 atom stereocenters. The summed E-state index contributed by atoms with van der Waals surface area (Å²) < 4.78 is 0. The molecule has 4 nitrogen and oxygen atoms in total. The van der Waals surface area contributed by atoms with E-state index in [4.69, 9.17) is 0 Å². The predicted octanol–water partition coefficient (Wildman–Crippen LogP) is 2.76. The topological polar surface area (TPSA) is 49.4 Å². The van der Waals surface area contributed by atoms with Gasteiger partial charge in [-0.3, -0.25) is 9.59 Å². The lowest BCUT2D eigenvalue weighted by atomic mass is 10.1. The minimum absolute atomic E-state index is 0.0138. The van der Waals surface area contributed by atoms with Crippen molar-refractivity contribution in [1.82, 2.24) is 5.32 Å². The van der Waals surface area contributed by atoms with E-state index < -0.39 is 0 Å². The van der Waals surface area contributed by atoms with Gasteiger partial charge in [-0.1, -0.05) is 32.9 Å². The van der Waals surface area contributed by atoms with Crippen LogP contribution < -0.4 is 10.2 Å². The quantitative estimate of drug-likeness (QED) is 0.839. The maximum atomic E-state index is 11.8. The average molecular weight is 290 g/mol. The fourth-order valence-electron chi connectivity index (χ4n) is 2.00. The zero-order chi connectivity index (χ0) is 15.8. The summed E-state index contributed by atoms with van der Waals surface area (Å²) in [5.41, 5.74) is 2.08. The van der Waals surface area contributed by atoms with Crippen LogP contribution >= 0.6 is 0 Å².